The maximum atomic E-state index is 11.6. The van der Waals surface area contributed by atoms with E-state index in [9.17, 15) is 9.90 Å². The van der Waals surface area contributed by atoms with Gasteiger partial charge >= 0.3 is 0 Å². The van der Waals surface area contributed by atoms with E-state index < -0.39 is 5.60 Å². The molecule has 0 fully saturated rings. The molecule has 0 rings (SSSR count). The molecule has 4 nitrogen and oxygen atoms in total. The fourth-order valence-electron chi connectivity index (χ4n) is 1.34. The molecule has 1 amide bonds. The number of carbonyl (C=O) groups is 1. The first-order valence-corrected chi connectivity index (χ1v) is 5.48. The van der Waals surface area contributed by atoms with Gasteiger partial charge in [-0.15, -0.1) is 0 Å². The lowest BCUT2D eigenvalue weighted by Gasteiger charge is -2.29. The molecule has 0 aliphatic carbocycles. The third-order valence-corrected chi connectivity index (χ3v) is 2.23. The molecule has 4 heteroatoms. The van der Waals surface area contributed by atoms with Crippen molar-refractivity contribution in [3.8, 4) is 0 Å². The van der Waals surface area contributed by atoms with Gasteiger partial charge in [-0.25, -0.2) is 0 Å². The normalized spacial score (nSPS) is 14.1. The van der Waals surface area contributed by atoms with Crippen LogP contribution in [-0.4, -0.2) is 47.7 Å². The first-order valence-electron chi connectivity index (χ1n) is 5.48. The van der Waals surface area contributed by atoms with Crippen LogP contribution in [0.3, 0.4) is 0 Å². The number of rotatable bonds is 6. The molecular formula is C11H24N2O2. The molecule has 0 saturated carbocycles. The van der Waals surface area contributed by atoms with Gasteiger partial charge < -0.3 is 10.4 Å². The lowest BCUT2D eigenvalue weighted by Crippen LogP contribution is -2.48. The van der Waals surface area contributed by atoms with Crippen LogP contribution in [-0.2, 0) is 4.79 Å². The third kappa shape index (κ3) is 6.47. The minimum absolute atomic E-state index is 0.0172. The summed E-state index contributed by atoms with van der Waals surface area (Å²) in [7, 11) is 1.84. The van der Waals surface area contributed by atoms with E-state index in [4.69, 9.17) is 0 Å². The van der Waals surface area contributed by atoms with Crippen LogP contribution in [0.25, 0.3) is 0 Å². The van der Waals surface area contributed by atoms with Crippen LogP contribution in [0.15, 0.2) is 0 Å². The van der Waals surface area contributed by atoms with E-state index in [-0.39, 0.29) is 11.9 Å². The van der Waals surface area contributed by atoms with E-state index in [1.54, 1.807) is 13.8 Å². The average Bonchev–Trinajstić information content (AvgIpc) is 2.10. The first kappa shape index (κ1) is 14.4. The Morgan fingerprint density at radius 1 is 1.53 bits per heavy atom. The number of amides is 1. The minimum atomic E-state index is -0.770. The molecule has 0 saturated heterocycles. The summed E-state index contributed by atoms with van der Waals surface area (Å²) in [6, 6.07) is -0.206. The highest BCUT2D eigenvalue weighted by Crippen LogP contribution is 2.06. The average molecular weight is 216 g/mol. The lowest BCUT2D eigenvalue weighted by molar-refractivity contribution is -0.126. The van der Waals surface area contributed by atoms with Crippen molar-refractivity contribution in [2.45, 2.75) is 45.8 Å². The second-order valence-electron chi connectivity index (χ2n) is 4.69. The van der Waals surface area contributed by atoms with Gasteiger partial charge in [0, 0.05) is 13.1 Å². The van der Waals surface area contributed by atoms with Crippen molar-refractivity contribution in [1.82, 2.24) is 10.2 Å². The highest BCUT2D eigenvalue weighted by atomic mass is 16.3. The van der Waals surface area contributed by atoms with Crippen LogP contribution in [0.1, 0.15) is 34.1 Å². The molecular weight excluding hydrogens is 192 g/mol. The molecule has 0 heterocycles. The van der Waals surface area contributed by atoms with E-state index in [0.717, 1.165) is 6.42 Å². The maximum absolute atomic E-state index is 11.6. The summed E-state index contributed by atoms with van der Waals surface area (Å²) in [4.78, 5) is 13.4. The van der Waals surface area contributed by atoms with Gasteiger partial charge in [-0.1, -0.05) is 6.92 Å². The largest absolute Gasteiger partial charge is 0.389 e. The van der Waals surface area contributed by atoms with Crippen molar-refractivity contribution >= 4 is 5.91 Å². The van der Waals surface area contributed by atoms with Gasteiger partial charge in [0.25, 0.3) is 0 Å². The molecule has 0 bridgehead atoms. The summed E-state index contributed by atoms with van der Waals surface area (Å²) < 4.78 is 0. The lowest BCUT2D eigenvalue weighted by atomic mass is 10.1. The highest BCUT2D eigenvalue weighted by molar-refractivity contribution is 5.81. The molecule has 2 N–H and O–H groups in total. The molecule has 1 unspecified atom stereocenters. The summed E-state index contributed by atoms with van der Waals surface area (Å²) in [5, 5.41) is 12.5. The van der Waals surface area contributed by atoms with Crippen LogP contribution in [0.4, 0.5) is 0 Å². The SMILES string of the molecule is CCCNC(=O)C(C)N(C)CC(C)(C)O. The second-order valence-corrected chi connectivity index (χ2v) is 4.69. The quantitative estimate of drug-likeness (QED) is 0.684. The number of likely N-dealkylation sites (N-methyl/N-ethyl adjacent to an activating group) is 1. The Balaban J connectivity index is 4.07. The molecule has 15 heavy (non-hydrogen) atoms. The fraction of sp³-hybridized carbons (Fsp3) is 0.909. The highest BCUT2D eigenvalue weighted by Gasteiger charge is 2.23. The summed E-state index contributed by atoms with van der Waals surface area (Å²) >= 11 is 0. The van der Waals surface area contributed by atoms with Crippen molar-refractivity contribution in [2.24, 2.45) is 0 Å². The molecule has 0 aromatic heterocycles. The van der Waals surface area contributed by atoms with Crippen molar-refractivity contribution < 1.29 is 9.90 Å². The van der Waals surface area contributed by atoms with Crippen molar-refractivity contribution in [3.63, 3.8) is 0 Å². The number of nitrogens with zero attached hydrogens (tertiary/aromatic N) is 1. The van der Waals surface area contributed by atoms with E-state index in [1.165, 1.54) is 0 Å². The number of hydrogen-bond donors (Lipinski definition) is 2. The van der Waals surface area contributed by atoms with Gasteiger partial charge in [0.1, 0.15) is 0 Å². The van der Waals surface area contributed by atoms with Crippen LogP contribution < -0.4 is 5.32 Å². The predicted molar refractivity (Wildman–Crippen MR) is 61.7 cm³/mol. The maximum Gasteiger partial charge on any atom is 0.237 e. The molecule has 1 atom stereocenters. The fourth-order valence-corrected chi connectivity index (χ4v) is 1.34. The van der Waals surface area contributed by atoms with Crippen molar-refractivity contribution in [3.05, 3.63) is 0 Å². The van der Waals surface area contributed by atoms with Gasteiger partial charge in [-0.05, 0) is 34.2 Å². The second kappa shape index (κ2) is 6.08. The van der Waals surface area contributed by atoms with E-state index in [1.807, 2.05) is 25.8 Å². The molecule has 0 aromatic carbocycles. The summed E-state index contributed by atoms with van der Waals surface area (Å²) in [6.45, 7) is 8.52. The Labute approximate surface area is 92.7 Å². The number of aliphatic hydroxyl groups is 1. The Hall–Kier alpha value is -0.610. The molecule has 0 radical (unpaired) electrons. The van der Waals surface area contributed by atoms with Crippen LogP contribution in [0.5, 0.6) is 0 Å². The monoisotopic (exact) mass is 216 g/mol. The molecule has 0 aromatic rings. The number of hydrogen-bond acceptors (Lipinski definition) is 3. The van der Waals surface area contributed by atoms with E-state index in [2.05, 4.69) is 5.32 Å². The third-order valence-electron chi connectivity index (χ3n) is 2.23. The molecule has 0 spiro atoms. The van der Waals surface area contributed by atoms with Crippen LogP contribution >= 0.6 is 0 Å². The van der Waals surface area contributed by atoms with Crippen LogP contribution in [0.2, 0.25) is 0 Å². The van der Waals surface area contributed by atoms with E-state index >= 15 is 0 Å². The zero-order valence-electron chi connectivity index (χ0n) is 10.5. The van der Waals surface area contributed by atoms with Gasteiger partial charge in [-0.3, -0.25) is 9.69 Å². The van der Waals surface area contributed by atoms with Gasteiger partial charge in [-0.2, -0.15) is 0 Å². The van der Waals surface area contributed by atoms with Gasteiger partial charge in [0.15, 0.2) is 0 Å². The van der Waals surface area contributed by atoms with Crippen molar-refractivity contribution in [2.75, 3.05) is 20.1 Å². The molecule has 90 valence electrons. The Morgan fingerprint density at radius 2 is 2.07 bits per heavy atom. The molecule has 0 aliphatic rings. The standard InChI is InChI=1S/C11H24N2O2/c1-6-7-12-10(14)9(2)13(5)8-11(3,4)15/h9,15H,6-8H2,1-5H3,(H,12,14). The van der Waals surface area contributed by atoms with Crippen molar-refractivity contribution in [1.29, 1.82) is 0 Å². The van der Waals surface area contributed by atoms with Gasteiger partial charge in [0.2, 0.25) is 5.91 Å². The first-order chi connectivity index (χ1) is 6.78. The summed E-state index contributed by atoms with van der Waals surface area (Å²) in [5.74, 6) is 0.0172. The minimum Gasteiger partial charge on any atom is -0.389 e. The Kier molecular flexibility index (Phi) is 5.83. The summed E-state index contributed by atoms with van der Waals surface area (Å²) in [5.41, 5.74) is -0.770. The zero-order chi connectivity index (χ0) is 12.1. The van der Waals surface area contributed by atoms with E-state index in [0.29, 0.717) is 13.1 Å². The Morgan fingerprint density at radius 3 is 2.47 bits per heavy atom. The predicted octanol–water partition coefficient (Wildman–Crippen LogP) is 0.604. The number of nitrogens with one attached hydrogen (secondary N) is 1. The van der Waals surface area contributed by atoms with Crippen LogP contribution in [0, 0.1) is 0 Å². The zero-order valence-corrected chi connectivity index (χ0v) is 10.5. The smallest absolute Gasteiger partial charge is 0.237 e. The topological polar surface area (TPSA) is 52.6 Å². The molecule has 0 aliphatic heterocycles. The Bertz CT molecular complexity index is 199. The number of carbonyl (C=O) groups excluding carboxylic acids is 1. The summed E-state index contributed by atoms with van der Waals surface area (Å²) in [6.07, 6.45) is 0.938. The van der Waals surface area contributed by atoms with Gasteiger partial charge in [0.05, 0.1) is 11.6 Å².